The van der Waals surface area contributed by atoms with Crippen molar-refractivity contribution in [2.45, 2.75) is 26.8 Å². The third-order valence-electron chi connectivity index (χ3n) is 4.10. The zero-order valence-electron chi connectivity index (χ0n) is 15.3. The molecule has 0 saturated heterocycles. The van der Waals surface area contributed by atoms with Crippen molar-refractivity contribution in [1.29, 1.82) is 0 Å². The third-order valence-corrected chi connectivity index (χ3v) is 4.10. The monoisotopic (exact) mass is 342 g/mol. The number of benzene rings is 2. The molecule has 0 atom stereocenters. The number of nitrogens with one attached hydrogen (secondary N) is 2. The van der Waals surface area contributed by atoms with Crippen molar-refractivity contribution in [2.75, 3.05) is 26.1 Å². The molecule has 0 aliphatic carbocycles. The summed E-state index contributed by atoms with van der Waals surface area (Å²) in [5.41, 5.74) is 4.30. The van der Waals surface area contributed by atoms with Gasteiger partial charge in [0, 0.05) is 25.2 Å². The maximum Gasteiger partial charge on any atom is 0.225 e. The SMILES string of the molecule is COc1ccc(CNCCC(=O)Nc2ccc(C)c(C)c2)cc1OC. The number of anilines is 1. The molecule has 0 heterocycles. The van der Waals surface area contributed by atoms with E-state index in [2.05, 4.69) is 17.6 Å². The van der Waals surface area contributed by atoms with Crippen molar-refractivity contribution < 1.29 is 14.3 Å². The zero-order chi connectivity index (χ0) is 18.2. The van der Waals surface area contributed by atoms with Gasteiger partial charge in [-0.1, -0.05) is 12.1 Å². The minimum Gasteiger partial charge on any atom is -0.493 e. The molecule has 2 N–H and O–H groups in total. The topological polar surface area (TPSA) is 59.6 Å². The van der Waals surface area contributed by atoms with Crippen LogP contribution in [0.1, 0.15) is 23.1 Å². The summed E-state index contributed by atoms with van der Waals surface area (Å²) in [5, 5.41) is 6.20. The van der Waals surface area contributed by atoms with E-state index in [-0.39, 0.29) is 5.91 Å². The average molecular weight is 342 g/mol. The van der Waals surface area contributed by atoms with Crippen molar-refractivity contribution in [3.8, 4) is 11.5 Å². The number of aryl methyl sites for hydroxylation is 2. The molecule has 0 fully saturated rings. The van der Waals surface area contributed by atoms with Crippen LogP contribution < -0.4 is 20.1 Å². The molecule has 2 aromatic carbocycles. The average Bonchev–Trinajstić information content (AvgIpc) is 2.61. The molecule has 5 heteroatoms. The maximum absolute atomic E-state index is 12.0. The summed E-state index contributed by atoms with van der Waals surface area (Å²) < 4.78 is 10.5. The van der Waals surface area contributed by atoms with Crippen LogP contribution in [0.5, 0.6) is 11.5 Å². The summed E-state index contributed by atoms with van der Waals surface area (Å²) in [4.78, 5) is 12.0. The summed E-state index contributed by atoms with van der Waals surface area (Å²) in [6, 6.07) is 11.7. The molecule has 134 valence electrons. The highest BCUT2D eigenvalue weighted by atomic mass is 16.5. The number of carbonyl (C=O) groups is 1. The Labute approximate surface area is 149 Å². The first kappa shape index (κ1) is 18.8. The lowest BCUT2D eigenvalue weighted by molar-refractivity contribution is -0.116. The lowest BCUT2D eigenvalue weighted by atomic mass is 10.1. The van der Waals surface area contributed by atoms with Gasteiger partial charge >= 0.3 is 0 Å². The Hall–Kier alpha value is -2.53. The van der Waals surface area contributed by atoms with Crippen molar-refractivity contribution >= 4 is 11.6 Å². The molecule has 0 bridgehead atoms. The van der Waals surface area contributed by atoms with Crippen LogP contribution in [-0.4, -0.2) is 26.7 Å². The number of hydrogen-bond acceptors (Lipinski definition) is 4. The Morgan fingerprint density at radius 3 is 2.40 bits per heavy atom. The Balaban J connectivity index is 1.77. The Morgan fingerprint density at radius 1 is 0.960 bits per heavy atom. The molecule has 0 unspecified atom stereocenters. The Kier molecular flexibility index (Phi) is 6.83. The normalized spacial score (nSPS) is 10.4. The van der Waals surface area contributed by atoms with Gasteiger partial charge in [0.15, 0.2) is 11.5 Å². The van der Waals surface area contributed by atoms with Crippen LogP contribution in [0.25, 0.3) is 0 Å². The second kappa shape index (κ2) is 9.08. The minimum absolute atomic E-state index is 0.00284. The second-order valence-electron chi connectivity index (χ2n) is 5.96. The van der Waals surface area contributed by atoms with Crippen LogP contribution >= 0.6 is 0 Å². The minimum atomic E-state index is 0.00284. The fraction of sp³-hybridized carbons (Fsp3) is 0.350. The lowest BCUT2D eigenvalue weighted by Crippen LogP contribution is -2.21. The van der Waals surface area contributed by atoms with Crippen molar-refractivity contribution in [2.24, 2.45) is 0 Å². The smallest absolute Gasteiger partial charge is 0.225 e. The highest BCUT2D eigenvalue weighted by molar-refractivity contribution is 5.90. The van der Waals surface area contributed by atoms with Gasteiger partial charge in [-0.25, -0.2) is 0 Å². The lowest BCUT2D eigenvalue weighted by Gasteiger charge is -2.11. The molecule has 0 aromatic heterocycles. The quantitative estimate of drug-likeness (QED) is 0.722. The molecule has 0 spiro atoms. The predicted octanol–water partition coefficient (Wildman–Crippen LogP) is 3.44. The van der Waals surface area contributed by atoms with E-state index in [4.69, 9.17) is 9.47 Å². The number of rotatable bonds is 8. The van der Waals surface area contributed by atoms with Gasteiger partial charge in [0.1, 0.15) is 0 Å². The summed E-state index contributed by atoms with van der Waals surface area (Å²) in [5.74, 6) is 1.41. The van der Waals surface area contributed by atoms with Gasteiger partial charge in [-0.05, 0) is 54.8 Å². The van der Waals surface area contributed by atoms with E-state index in [1.54, 1.807) is 14.2 Å². The molecule has 25 heavy (non-hydrogen) atoms. The van der Waals surface area contributed by atoms with Crippen molar-refractivity contribution in [3.05, 3.63) is 53.1 Å². The predicted molar refractivity (Wildman–Crippen MR) is 100 cm³/mol. The largest absolute Gasteiger partial charge is 0.493 e. The molecule has 5 nitrogen and oxygen atoms in total. The van der Waals surface area contributed by atoms with Gasteiger partial charge < -0.3 is 20.1 Å². The molecule has 2 aromatic rings. The first-order chi connectivity index (χ1) is 12.0. The van der Waals surface area contributed by atoms with Crippen molar-refractivity contribution in [1.82, 2.24) is 5.32 Å². The molecular weight excluding hydrogens is 316 g/mol. The number of methoxy groups -OCH3 is 2. The highest BCUT2D eigenvalue weighted by Gasteiger charge is 2.06. The van der Waals surface area contributed by atoms with Crippen LogP contribution in [0.4, 0.5) is 5.69 Å². The van der Waals surface area contributed by atoms with Gasteiger partial charge in [0.05, 0.1) is 14.2 Å². The maximum atomic E-state index is 12.0. The van der Waals surface area contributed by atoms with E-state index in [9.17, 15) is 4.79 Å². The van der Waals surface area contributed by atoms with Gasteiger partial charge in [-0.15, -0.1) is 0 Å². The molecule has 2 rings (SSSR count). The highest BCUT2D eigenvalue weighted by Crippen LogP contribution is 2.27. The summed E-state index contributed by atoms with van der Waals surface area (Å²) in [6.07, 6.45) is 0.417. The van der Waals surface area contributed by atoms with E-state index in [1.165, 1.54) is 11.1 Å². The fourth-order valence-corrected chi connectivity index (χ4v) is 2.47. The van der Waals surface area contributed by atoms with Crippen molar-refractivity contribution in [3.63, 3.8) is 0 Å². The number of ether oxygens (including phenoxy) is 2. The molecule has 0 aliphatic heterocycles. The molecule has 0 radical (unpaired) electrons. The summed E-state index contributed by atoms with van der Waals surface area (Å²) in [6.45, 7) is 5.36. The van der Waals surface area contributed by atoms with Crippen LogP contribution in [-0.2, 0) is 11.3 Å². The van der Waals surface area contributed by atoms with Gasteiger partial charge in [0.2, 0.25) is 5.91 Å². The molecule has 0 saturated carbocycles. The molecule has 1 amide bonds. The molecule has 0 aliphatic rings. The van der Waals surface area contributed by atoms with Crippen LogP contribution in [0.15, 0.2) is 36.4 Å². The Bertz CT molecular complexity index is 729. The first-order valence-corrected chi connectivity index (χ1v) is 8.32. The summed E-state index contributed by atoms with van der Waals surface area (Å²) >= 11 is 0. The van der Waals surface area contributed by atoms with E-state index in [0.29, 0.717) is 31.0 Å². The van der Waals surface area contributed by atoms with Gasteiger partial charge in [-0.2, -0.15) is 0 Å². The van der Waals surface area contributed by atoms with Crippen LogP contribution in [0, 0.1) is 13.8 Å². The standard InChI is InChI=1S/C20H26N2O3/c1-14-5-7-17(11-15(14)2)22-20(23)9-10-21-13-16-6-8-18(24-3)19(12-16)25-4/h5-8,11-12,21H,9-10,13H2,1-4H3,(H,22,23). The van der Waals surface area contributed by atoms with E-state index in [1.807, 2.05) is 43.3 Å². The van der Waals surface area contributed by atoms with E-state index < -0.39 is 0 Å². The first-order valence-electron chi connectivity index (χ1n) is 8.32. The summed E-state index contributed by atoms with van der Waals surface area (Å²) in [7, 11) is 3.23. The molecular formula is C20H26N2O3. The van der Waals surface area contributed by atoms with Gasteiger partial charge in [-0.3, -0.25) is 4.79 Å². The fourth-order valence-electron chi connectivity index (χ4n) is 2.47. The third kappa shape index (κ3) is 5.50. The van der Waals surface area contributed by atoms with Crippen LogP contribution in [0.2, 0.25) is 0 Å². The van der Waals surface area contributed by atoms with E-state index in [0.717, 1.165) is 11.3 Å². The van der Waals surface area contributed by atoms with E-state index >= 15 is 0 Å². The number of amides is 1. The van der Waals surface area contributed by atoms with Gasteiger partial charge in [0.25, 0.3) is 0 Å². The Morgan fingerprint density at radius 2 is 1.72 bits per heavy atom. The van der Waals surface area contributed by atoms with Crippen LogP contribution in [0.3, 0.4) is 0 Å². The zero-order valence-corrected chi connectivity index (χ0v) is 15.3. The second-order valence-corrected chi connectivity index (χ2v) is 5.96. The number of hydrogen-bond donors (Lipinski definition) is 2. The number of carbonyl (C=O) groups excluding carboxylic acids is 1.